The zero-order valence-corrected chi connectivity index (χ0v) is 18.0. The van der Waals surface area contributed by atoms with E-state index in [-0.39, 0.29) is 34.3 Å². The topological polar surface area (TPSA) is 74.7 Å². The van der Waals surface area contributed by atoms with Gasteiger partial charge in [-0.3, -0.25) is 14.7 Å². The highest BCUT2D eigenvalue weighted by Crippen LogP contribution is 2.40. The molecule has 180 valence electrons. The number of aliphatic hydroxyl groups is 1. The van der Waals surface area contributed by atoms with Crippen molar-refractivity contribution >= 4 is 28.4 Å². The molecular formula is C21H21ClF5N3O3. The highest BCUT2D eigenvalue weighted by atomic mass is 35.5. The van der Waals surface area contributed by atoms with Crippen molar-refractivity contribution in [3.8, 4) is 5.75 Å². The molecule has 33 heavy (non-hydrogen) atoms. The van der Waals surface area contributed by atoms with Crippen molar-refractivity contribution in [1.82, 2.24) is 15.2 Å². The van der Waals surface area contributed by atoms with Crippen molar-refractivity contribution < 1.29 is 36.6 Å². The Balaban J connectivity index is 1.33. The first-order chi connectivity index (χ1) is 15.4. The molecule has 1 amide bonds. The largest absolute Gasteiger partial charge is 0.433 e. The zero-order chi connectivity index (χ0) is 24.0. The number of benzene rings is 1. The first-order valence-corrected chi connectivity index (χ1v) is 10.7. The maximum absolute atomic E-state index is 12.8. The molecule has 1 aromatic carbocycles. The summed E-state index contributed by atoms with van der Waals surface area (Å²) >= 11 is 5.96. The standard InChI is InChI=1S/C21H21ClF5N3O3/c22-15-6-11-5-12(8-28-16(11)7-17(15)33-19(23)24)18(31)29-13-1-3-14(4-2-13)30-9-20(32,10-30)21(25,26)27/h5-8,13-14,19,32H,1-4,9-10H2,(H,29,31)/t13-,14-. The number of rotatable bonds is 5. The lowest BCUT2D eigenvalue weighted by Gasteiger charge is -2.51. The number of nitrogens with zero attached hydrogens (tertiary/aromatic N) is 2. The summed E-state index contributed by atoms with van der Waals surface area (Å²) in [7, 11) is 0. The van der Waals surface area contributed by atoms with Crippen molar-refractivity contribution in [3.05, 3.63) is 35.0 Å². The van der Waals surface area contributed by atoms with Crippen molar-refractivity contribution in [2.45, 2.75) is 56.2 Å². The fraction of sp³-hybridized carbons (Fsp3) is 0.524. The van der Waals surface area contributed by atoms with Crippen LogP contribution in [-0.2, 0) is 0 Å². The first kappa shape index (κ1) is 23.9. The van der Waals surface area contributed by atoms with E-state index in [9.17, 15) is 31.9 Å². The van der Waals surface area contributed by atoms with Gasteiger partial charge in [-0.1, -0.05) is 11.6 Å². The number of pyridine rings is 1. The second-order valence-electron chi connectivity index (χ2n) is 8.49. The van der Waals surface area contributed by atoms with Gasteiger partial charge in [0, 0.05) is 42.8 Å². The van der Waals surface area contributed by atoms with Crippen LogP contribution in [0.15, 0.2) is 24.4 Å². The Morgan fingerprint density at radius 3 is 2.48 bits per heavy atom. The minimum atomic E-state index is -4.63. The summed E-state index contributed by atoms with van der Waals surface area (Å²) in [6.07, 6.45) is -0.905. The summed E-state index contributed by atoms with van der Waals surface area (Å²) in [5.41, 5.74) is -2.03. The van der Waals surface area contributed by atoms with E-state index in [0.29, 0.717) is 36.6 Å². The fourth-order valence-electron chi connectivity index (χ4n) is 4.36. The normalized spacial score (nSPS) is 23.4. The van der Waals surface area contributed by atoms with Gasteiger partial charge in [-0.2, -0.15) is 22.0 Å². The summed E-state index contributed by atoms with van der Waals surface area (Å²) in [6, 6.07) is 3.99. The van der Waals surface area contributed by atoms with Gasteiger partial charge >= 0.3 is 12.8 Å². The van der Waals surface area contributed by atoms with E-state index in [1.165, 1.54) is 18.3 Å². The Labute approximate surface area is 190 Å². The monoisotopic (exact) mass is 493 g/mol. The molecule has 0 radical (unpaired) electrons. The predicted octanol–water partition coefficient (Wildman–Crippen LogP) is 4.14. The van der Waals surface area contributed by atoms with Gasteiger partial charge in [0.1, 0.15) is 5.75 Å². The number of halogens is 6. The Morgan fingerprint density at radius 1 is 1.21 bits per heavy atom. The van der Waals surface area contributed by atoms with E-state index >= 15 is 0 Å². The molecule has 1 saturated carbocycles. The molecule has 12 heteroatoms. The summed E-state index contributed by atoms with van der Waals surface area (Å²) in [4.78, 5) is 18.4. The molecule has 1 aromatic heterocycles. The van der Waals surface area contributed by atoms with Crippen molar-refractivity contribution in [2.24, 2.45) is 0 Å². The number of likely N-dealkylation sites (tertiary alicyclic amines) is 1. The number of carbonyl (C=O) groups is 1. The zero-order valence-electron chi connectivity index (χ0n) is 17.2. The van der Waals surface area contributed by atoms with Crippen LogP contribution in [-0.4, -0.2) is 64.5 Å². The third-order valence-electron chi connectivity index (χ3n) is 6.22. The van der Waals surface area contributed by atoms with Crippen LogP contribution < -0.4 is 10.1 Å². The van der Waals surface area contributed by atoms with Crippen LogP contribution >= 0.6 is 11.6 Å². The average molecular weight is 494 g/mol. The molecule has 0 bridgehead atoms. The molecule has 1 aliphatic heterocycles. The molecule has 2 fully saturated rings. The third kappa shape index (κ3) is 4.99. The lowest BCUT2D eigenvalue weighted by molar-refractivity contribution is -0.306. The predicted molar refractivity (Wildman–Crippen MR) is 109 cm³/mol. The van der Waals surface area contributed by atoms with Crippen molar-refractivity contribution in [2.75, 3.05) is 13.1 Å². The highest BCUT2D eigenvalue weighted by molar-refractivity contribution is 6.32. The second kappa shape index (κ2) is 8.84. The van der Waals surface area contributed by atoms with Crippen LogP contribution in [0.25, 0.3) is 10.9 Å². The van der Waals surface area contributed by atoms with Crippen LogP contribution in [0.4, 0.5) is 22.0 Å². The fourth-order valence-corrected chi connectivity index (χ4v) is 4.57. The van der Waals surface area contributed by atoms with Gasteiger partial charge in [0.05, 0.1) is 16.1 Å². The number of ether oxygens (including phenoxy) is 1. The van der Waals surface area contributed by atoms with Gasteiger partial charge in [-0.25, -0.2) is 0 Å². The minimum Gasteiger partial charge on any atom is -0.433 e. The maximum atomic E-state index is 12.8. The van der Waals surface area contributed by atoms with Crippen molar-refractivity contribution in [3.63, 3.8) is 0 Å². The van der Waals surface area contributed by atoms with Crippen molar-refractivity contribution in [1.29, 1.82) is 0 Å². The lowest BCUT2D eigenvalue weighted by Crippen LogP contribution is -2.71. The van der Waals surface area contributed by atoms with Gasteiger partial charge in [0.15, 0.2) is 5.60 Å². The molecule has 1 aliphatic carbocycles. The Kier molecular flexibility index (Phi) is 6.41. The van der Waals surface area contributed by atoms with Gasteiger partial charge in [0.2, 0.25) is 0 Å². The van der Waals surface area contributed by atoms with E-state index in [1.54, 1.807) is 11.0 Å². The Morgan fingerprint density at radius 2 is 1.88 bits per heavy atom. The Hall–Kier alpha value is -2.24. The number of amides is 1. The van der Waals surface area contributed by atoms with Gasteiger partial charge < -0.3 is 15.2 Å². The molecular weight excluding hydrogens is 473 g/mol. The van der Waals surface area contributed by atoms with Gasteiger partial charge in [0.25, 0.3) is 5.91 Å². The van der Waals surface area contributed by atoms with E-state index < -0.39 is 31.5 Å². The number of carbonyl (C=O) groups excluding carboxylic acids is 1. The van der Waals surface area contributed by atoms with Crippen LogP contribution in [0.3, 0.4) is 0 Å². The van der Waals surface area contributed by atoms with Crippen LogP contribution in [0.2, 0.25) is 5.02 Å². The van der Waals surface area contributed by atoms with Crippen LogP contribution in [0.5, 0.6) is 5.75 Å². The number of β-amino-alcohol motifs (C(OH)–C–C–N with tert-alkyl or cyclic N) is 1. The van der Waals surface area contributed by atoms with E-state index in [4.69, 9.17) is 11.6 Å². The lowest BCUT2D eigenvalue weighted by atomic mass is 9.84. The number of aromatic nitrogens is 1. The number of fused-ring (bicyclic) bond motifs is 1. The van der Waals surface area contributed by atoms with Crippen LogP contribution in [0, 0.1) is 0 Å². The van der Waals surface area contributed by atoms with E-state index in [2.05, 4.69) is 15.0 Å². The number of alkyl halides is 5. The van der Waals surface area contributed by atoms with E-state index in [0.717, 1.165) is 0 Å². The average Bonchev–Trinajstić information content (AvgIpc) is 2.71. The highest BCUT2D eigenvalue weighted by Gasteiger charge is 2.61. The van der Waals surface area contributed by atoms with Gasteiger partial charge in [-0.05, 0) is 37.8 Å². The molecule has 0 atom stereocenters. The molecule has 2 aliphatic rings. The van der Waals surface area contributed by atoms with E-state index in [1.807, 2.05) is 0 Å². The van der Waals surface area contributed by atoms with Crippen LogP contribution in [0.1, 0.15) is 36.0 Å². The third-order valence-corrected chi connectivity index (χ3v) is 6.51. The number of hydrogen-bond donors (Lipinski definition) is 2. The first-order valence-electron chi connectivity index (χ1n) is 10.3. The molecule has 2 aromatic rings. The summed E-state index contributed by atoms with van der Waals surface area (Å²) in [5, 5.41) is 13.0. The molecule has 1 saturated heterocycles. The molecule has 2 N–H and O–H groups in total. The minimum absolute atomic E-state index is 0.0381. The summed E-state index contributed by atoms with van der Waals surface area (Å²) < 4.78 is 67.7. The molecule has 4 rings (SSSR count). The summed E-state index contributed by atoms with van der Waals surface area (Å²) in [6.45, 7) is -3.88. The quantitative estimate of drug-likeness (QED) is 0.612. The number of nitrogens with one attached hydrogen (secondary N) is 1. The molecule has 2 heterocycles. The van der Waals surface area contributed by atoms with Gasteiger partial charge in [-0.15, -0.1) is 0 Å². The second-order valence-corrected chi connectivity index (χ2v) is 8.90. The molecule has 6 nitrogen and oxygen atoms in total. The SMILES string of the molecule is O=C(N[C@H]1CC[C@H](N2CC(O)(C(F)(F)F)C2)CC1)c1cnc2cc(OC(F)F)c(Cl)cc2c1. The molecule has 0 spiro atoms. The maximum Gasteiger partial charge on any atom is 0.419 e. The number of hydrogen-bond acceptors (Lipinski definition) is 5. The summed E-state index contributed by atoms with van der Waals surface area (Å²) in [5.74, 6) is -0.580. The molecule has 0 unspecified atom stereocenters. The smallest absolute Gasteiger partial charge is 0.419 e. The Bertz CT molecular complexity index is 1040.